The summed E-state index contributed by atoms with van der Waals surface area (Å²) in [5, 5.41) is 2.99. The van der Waals surface area contributed by atoms with E-state index in [2.05, 4.69) is 18.1 Å². The van der Waals surface area contributed by atoms with Crippen LogP contribution in [0.4, 0.5) is 0 Å². The second-order valence-electron chi connectivity index (χ2n) is 4.64. The van der Waals surface area contributed by atoms with E-state index in [1.54, 1.807) is 0 Å². The Labute approximate surface area is 91.8 Å². The summed E-state index contributed by atoms with van der Waals surface area (Å²) in [4.78, 5) is 11.9. The lowest BCUT2D eigenvalue weighted by molar-refractivity contribution is -0.132. The van der Waals surface area contributed by atoms with Gasteiger partial charge in [-0.1, -0.05) is 19.7 Å². The lowest BCUT2D eigenvalue weighted by Gasteiger charge is -2.36. The molecule has 1 heterocycles. The van der Waals surface area contributed by atoms with Crippen LogP contribution in [-0.4, -0.2) is 29.3 Å². The van der Waals surface area contributed by atoms with Crippen molar-refractivity contribution in [2.75, 3.05) is 13.1 Å². The zero-order chi connectivity index (χ0) is 10.8. The first-order valence-electron chi connectivity index (χ1n) is 5.19. The van der Waals surface area contributed by atoms with E-state index in [9.17, 15) is 4.79 Å². The summed E-state index contributed by atoms with van der Waals surface area (Å²) in [5.74, 6) is 0.189. The Bertz CT molecular complexity index is 210. The summed E-state index contributed by atoms with van der Waals surface area (Å²) in [6, 6.07) is 0.230. The number of carbonyl (C=O) groups is 1. The molecule has 1 aliphatic rings. The number of thiol groups is 1. The smallest absolute Gasteiger partial charge is 0.226 e. The summed E-state index contributed by atoms with van der Waals surface area (Å²) in [6.07, 6.45) is 1.80. The van der Waals surface area contributed by atoms with E-state index in [0.29, 0.717) is 0 Å². The normalized spacial score (nSPS) is 22.4. The molecule has 0 unspecified atom stereocenters. The number of nitrogens with one attached hydrogen (secondary N) is 1. The average Bonchev–Trinajstić information content (AvgIpc) is 2.09. The van der Waals surface area contributed by atoms with Gasteiger partial charge in [-0.05, 0) is 26.7 Å². The van der Waals surface area contributed by atoms with Gasteiger partial charge < -0.3 is 5.32 Å². The van der Waals surface area contributed by atoms with Crippen molar-refractivity contribution >= 4 is 18.7 Å². The van der Waals surface area contributed by atoms with Gasteiger partial charge in [0, 0.05) is 24.5 Å². The highest BCUT2D eigenvalue weighted by Crippen LogP contribution is 2.31. The predicted molar refractivity (Wildman–Crippen MR) is 61.2 cm³/mol. The van der Waals surface area contributed by atoms with Crippen LogP contribution < -0.4 is 5.32 Å². The highest BCUT2D eigenvalue weighted by Gasteiger charge is 2.36. The fourth-order valence-electron chi connectivity index (χ4n) is 1.65. The molecule has 0 radical (unpaired) electrons. The van der Waals surface area contributed by atoms with Crippen molar-refractivity contribution in [2.45, 2.75) is 39.7 Å². The summed E-state index contributed by atoms with van der Waals surface area (Å²) in [7, 11) is 0. The maximum atomic E-state index is 11.9. The van der Waals surface area contributed by atoms with Crippen LogP contribution in [0.3, 0.4) is 0 Å². The number of rotatable bonds is 2. The van der Waals surface area contributed by atoms with Gasteiger partial charge in [-0.2, -0.15) is 0 Å². The van der Waals surface area contributed by atoms with E-state index in [0.717, 1.165) is 25.9 Å². The Balaban J connectivity index is 2.52. The van der Waals surface area contributed by atoms with Crippen LogP contribution in [0, 0.1) is 5.41 Å². The minimum absolute atomic E-state index is 0.189. The highest BCUT2D eigenvalue weighted by molar-refractivity contribution is 7.77. The van der Waals surface area contributed by atoms with Gasteiger partial charge in [-0.25, -0.2) is 0 Å². The molecule has 1 amide bonds. The van der Waals surface area contributed by atoms with Gasteiger partial charge in [0.2, 0.25) is 5.91 Å². The number of piperidine rings is 1. The van der Waals surface area contributed by atoms with Gasteiger partial charge in [0.15, 0.2) is 0 Å². The van der Waals surface area contributed by atoms with Gasteiger partial charge in [-0.15, -0.1) is 0 Å². The van der Waals surface area contributed by atoms with E-state index in [1.807, 2.05) is 25.1 Å². The first kappa shape index (κ1) is 11.9. The first-order chi connectivity index (χ1) is 6.44. The fraction of sp³-hybridized carbons (Fsp3) is 0.900. The van der Waals surface area contributed by atoms with Crippen LogP contribution in [0.5, 0.6) is 0 Å². The molecular formula is C10H20N2OS. The average molecular weight is 216 g/mol. The third kappa shape index (κ3) is 2.89. The second-order valence-corrected chi connectivity index (χ2v) is 5.21. The molecule has 0 aromatic rings. The maximum Gasteiger partial charge on any atom is 0.226 e. The largest absolute Gasteiger partial charge is 0.353 e. The van der Waals surface area contributed by atoms with Crippen LogP contribution in [-0.2, 0) is 4.79 Å². The zero-order valence-electron chi connectivity index (χ0n) is 9.21. The molecule has 1 aliphatic heterocycles. The van der Waals surface area contributed by atoms with Crippen LogP contribution in [0.2, 0.25) is 0 Å². The Hall–Kier alpha value is -0.220. The molecule has 0 aromatic heterocycles. The molecule has 0 spiro atoms. The van der Waals surface area contributed by atoms with E-state index in [-0.39, 0.29) is 17.4 Å². The van der Waals surface area contributed by atoms with Crippen molar-refractivity contribution in [3.63, 3.8) is 0 Å². The standard InChI is InChI=1S/C10H20N2OS/c1-8(2)11-9(13)10(3)4-6-12(14)7-5-10/h8,14H,4-7H2,1-3H3,(H,11,13). The Morgan fingerprint density at radius 1 is 1.43 bits per heavy atom. The van der Waals surface area contributed by atoms with Crippen molar-refractivity contribution in [1.29, 1.82) is 0 Å². The lowest BCUT2D eigenvalue weighted by atomic mass is 9.80. The Kier molecular flexibility index (Phi) is 3.84. The van der Waals surface area contributed by atoms with Gasteiger partial charge in [0.1, 0.15) is 0 Å². The minimum atomic E-state index is -0.191. The van der Waals surface area contributed by atoms with Gasteiger partial charge in [-0.3, -0.25) is 9.10 Å². The Morgan fingerprint density at radius 2 is 1.93 bits per heavy atom. The van der Waals surface area contributed by atoms with E-state index < -0.39 is 0 Å². The molecule has 1 saturated heterocycles. The van der Waals surface area contributed by atoms with E-state index in [1.165, 1.54) is 0 Å². The van der Waals surface area contributed by atoms with Crippen LogP contribution in [0.1, 0.15) is 33.6 Å². The third-order valence-electron chi connectivity index (χ3n) is 2.81. The fourth-order valence-corrected chi connectivity index (χ4v) is 1.85. The molecule has 0 saturated carbocycles. The SMILES string of the molecule is CC(C)NC(=O)C1(C)CCN(S)CC1. The van der Waals surface area contributed by atoms with Crippen LogP contribution >= 0.6 is 12.8 Å². The number of carbonyl (C=O) groups excluding carboxylic acids is 1. The predicted octanol–water partition coefficient (Wildman–Crippen LogP) is 1.46. The molecule has 1 fully saturated rings. The molecule has 3 nitrogen and oxygen atoms in total. The molecule has 0 aromatic carbocycles. The molecule has 0 atom stereocenters. The van der Waals surface area contributed by atoms with Gasteiger partial charge in [0.25, 0.3) is 0 Å². The number of hydrogen-bond acceptors (Lipinski definition) is 3. The highest BCUT2D eigenvalue weighted by atomic mass is 32.1. The summed E-state index contributed by atoms with van der Waals surface area (Å²) >= 11 is 4.28. The van der Waals surface area contributed by atoms with Gasteiger partial charge in [0.05, 0.1) is 0 Å². The van der Waals surface area contributed by atoms with Crippen molar-refractivity contribution in [3.05, 3.63) is 0 Å². The summed E-state index contributed by atoms with van der Waals surface area (Å²) < 4.78 is 1.98. The molecule has 1 rings (SSSR count). The maximum absolute atomic E-state index is 11.9. The summed E-state index contributed by atoms with van der Waals surface area (Å²) in [5.41, 5.74) is -0.191. The first-order valence-corrected chi connectivity index (χ1v) is 5.59. The van der Waals surface area contributed by atoms with E-state index >= 15 is 0 Å². The number of amides is 1. The lowest BCUT2D eigenvalue weighted by Crippen LogP contribution is -2.47. The number of hydrogen-bond donors (Lipinski definition) is 2. The molecule has 0 aliphatic carbocycles. The van der Waals surface area contributed by atoms with Crippen LogP contribution in [0.25, 0.3) is 0 Å². The van der Waals surface area contributed by atoms with Crippen molar-refractivity contribution < 1.29 is 4.79 Å². The second kappa shape index (κ2) is 4.53. The van der Waals surface area contributed by atoms with Crippen molar-refractivity contribution in [1.82, 2.24) is 9.62 Å². The zero-order valence-corrected chi connectivity index (χ0v) is 10.1. The molecular weight excluding hydrogens is 196 g/mol. The molecule has 4 heteroatoms. The van der Waals surface area contributed by atoms with Crippen molar-refractivity contribution in [2.24, 2.45) is 5.41 Å². The minimum Gasteiger partial charge on any atom is -0.353 e. The topological polar surface area (TPSA) is 32.3 Å². The summed E-state index contributed by atoms with van der Waals surface area (Å²) in [6.45, 7) is 7.83. The molecule has 82 valence electrons. The number of nitrogens with zero attached hydrogens (tertiary/aromatic N) is 1. The third-order valence-corrected chi connectivity index (χ3v) is 3.21. The van der Waals surface area contributed by atoms with Gasteiger partial charge >= 0.3 is 0 Å². The molecule has 1 N–H and O–H groups in total. The van der Waals surface area contributed by atoms with Crippen molar-refractivity contribution in [3.8, 4) is 0 Å². The quantitative estimate of drug-likeness (QED) is 0.685. The van der Waals surface area contributed by atoms with Crippen LogP contribution in [0.15, 0.2) is 0 Å². The Morgan fingerprint density at radius 3 is 2.36 bits per heavy atom. The molecule has 14 heavy (non-hydrogen) atoms. The van der Waals surface area contributed by atoms with E-state index in [4.69, 9.17) is 0 Å². The monoisotopic (exact) mass is 216 g/mol. The molecule has 0 bridgehead atoms.